The van der Waals surface area contributed by atoms with Crippen LogP contribution in [0.25, 0.3) is 0 Å². The van der Waals surface area contributed by atoms with Crippen LogP contribution in [0.1, 0.15) is 22.9 Å². The molecule has 1 unspecified atom stereocenters. The van der Waals surface area contributed by atoms with Crippen molar-refractivity contribution in [1.29, 1.82) is 0 Å². The largest absolute Gasteiger partial charge is 0.346 e. The van der Waals surface area contributed by atoms with Gasteiger partial charge in [0.2, 0.25) is 11.8 Å². The molecule has 1 heterocycles. The Kier molecular flexibility index (Phi) is 6.45. The Bertz CT molecular complexity index is 671. The van der Waals surface area contributed by atoms with Gasteiger partial charge in [0.05, 0.1) is 24.8 Å². The SMILES string of the molecule is Cc1ccc(CC(NC(=O)CNC(=O)CN)c2ccccn2)cc1. The van der Waals surface area contributed by atoms with Crippen LogP contribution in [-0.2, 0) is 16.0 Å². The molecule has 0 bridgehead atoms. The van der Waals surface area contributed by atoms with Gasteiger partial charge in [-0.2, -0.15) is 0 Å². The minimum Gasteiger partial charge on any atom is -0.346 e. The van der Waals surface area contributed by atoms with Crippen molar-refractivity contribution in [3.8, 4) is 0 Å². The molecular weight excluding hydrogens is 304 g/mol. The van der Waals surface area contributed by atoms with E-state index < -0.39 is 0 Å². The smallest absolute Gasteiger partial charge is 0.239 e. The maximum Gasteiger partial charge on any atom is 0.239 e. The van der Waals surface area contributed by atoms with E-state index in [2.05, 4.69) is 15.6 Å². The number of nitrogens with one attached hydrogen (secondary N) is 2. The summed E-state index contributed by atoms with van der Waals surface area (Å²) in [6, 6.07) is 13.5. The zero-order chi connectivity index (χ0) is 17.4. The van der Waals surface area contributed by atoms with Crippen LogP contribution in [0.5, 0.6) is 0 Å². The number of hydrogen-bond donors (Lipinski definition) is 3. The van der Waals surface area contributed by atoms with E-state index in [-0.39, 0.29) is 30.9 Å². The number of benzene rings is 1. The van der Waals surface area contributed by atoms with E-state index >= 15 is 0 Å². The molecule has 0 aliphatic heterocycles. The second-order valence-corrected chi connectivity index (χ2v) is 5.55. The Labute approximate surface area is 141 Å². The molecule has 0 aliphatic rings. The Morgan fingerprint density at radius 2 is 1.88 bits per heavy atom. The molecule has 126 valence electrons. The number of nitrogens with two attached hydrogens (primary N) is 1. The highest BCUT2D eigenvalue weighted by Gasteiger charge is 2.16. The van der Waals surface area contributed by atoms with E-state index in [1.165, 1.54) is 5.56 Å². The first-order chi connectivity index (χ1) is 11.6. The normalized spacial score (nSPS) is 11.6. The summed E-state index contributed by atoms with van der Waals surface area (Å²) in [5.41, 5.74) is 8.27. The van der Waals surface area contributed by atoms with Crippen LogP contribution in [0, 0.1) is 6.92 Å². The number of carbonyl (C=O) groups is 2. The lowest BCUT2D eigenvalue weighted by Gasteiger charge is -2.19. The molecule has 0 spiro atoms. The molecule has 1 atom stereocenters. The molecule has 0 radical (unpaired) electrons. The van der Waals surface area contributed by atoms with Crippen LogP contribution in [0.4, 0.5) is 0 Å². The topological polar surface area (TPSA) is 97.1 Å². The summed E-state index contributed by atoms with van der Waals surface area (Å²) < 4.78 is 0. The highest BCUT2D eigenvalue weighted by atomic mass is 16.2. The molecule has 1 aromatic heterocycles. The van der Waals surface area contributed by atoms with Crippen molar-refractivity contribution in [2.75, 3.05) is 13.1 Å². The minimum atomic E-state index is -0.363. The molecule has 0 saturated heterocycles. The van der Waals surface area contributed by atoms with Gasteiger partial charge >= 0.3 is 0 Å². The molecule has 6 nitrogen and oxygen atoms in total. The van der Waals surface area contributed by atoms with Crippen molar-refractivity contribution in [3.63, 3.8) is 0 Å². The summed E-state index contributed by atoms with van der Waals surface area (Å²) in [7, 11) is 0. The lowest BCUT2D eigenvalue weighted by atomic mass is 10.0. The highest BCUT2D eigenvalue weighted by molar-refractivity contribution is 5.85. The Morgan fingerprint density at radius 1 is 1.12 bits per heavy atom. The summed E-state index contributed by atoms with van der Waals surface area (Å²) in [6.07, 6.45) is 2.31. The third-order valence-electron chi connectivity index (χ3n) is 3.57. The highest BCUT2D eigenvalue weighted by Crippen LogP contribution is 2.17. The first-order valence-corrected chi connectivity index (χ1v) is 7.81. The maximum absolute atomic E-state index is 12.1. The molecule has 2 amide bonds. The second-order valence-electron chi connectivity index (χ2n) is 5.55. The van der Waals surface area contributed by atoms with E-state index in [1.54, 1.807) is 6.20 Å². The lowest BCUT2D eigenvalue weighted by Crippen LogP contribution is -2.41. The average molecular weight is 326 g/mol. The van der Waals surface area contributed by atoms with Gasteiger partial charge in [-0.3, -0.25) is 14.6 Å². The van der Waals surface area contributed by atoms with Gasteiger partial charge < -0.3 is 16.4 Å². The third-order valence-corrected chi connectivity index (χ3v) is 3.57. The zero-order valence-electron chi connectivity index (χ0n) is 13.7. The van der Waals surface area contributed by atoms with E-state index in [9.17, 15) is 9.59 Å². The number of aromatic nitrogens is 1. The number of amides is 2. The van der Waals surface area contributed by atoms with Gasteiger partial charge in [-0.05, 0) is 31.0 Å². The van der Waals surface area contributed by atoms with Crippen LogP contribution < -0.4 is 16.4 Å². The van der Waals surface area contributed by atoms with Crippen molar-refractivity contribution < 1.29 is 9.59 Å². The summed E-state index contributed by atoms with van der Waals surface area (Å²) in [5, 5.41) is 5.38. The first-order valence-electron chi connectivity index (χ1n) is 7.81. The Morgan fingerprint density at radius 3 is 2.50 bits per heavy atom. The first kappa shape index (κ1) is 17.6. The molecule has 2 aromatic rings. The maximum atomic E-state index is 12.1. The number of aryl methyl sites for hydroxylation is 1. The fourth-order valence-corrected chi connectivity index (χ4v) is 2.27. The van der Waals surface area contributed by atoms with E-state index in [0.29, 0.717) is 6.42 Å². The Hall–Kier alpha value is -2.73. The third kappa shape index (κ3) is 5.48. The molecule has 4 N–H and O–H groups in total. The van der Waals surface area contributed by atoms with Crippen molar-refractivity contribution in [3.05, 3.63) is 65.5 Å². The summed E-state index contributed by atoms with van der Waals surface area (Å²) in [5.74, 6) is -0.641. The molecule has 6 heteroatoms. The summed E-state index contributed by atoms with van der Waals surface area (Å²) in [4.78, 5) is 27.6. The molecule has 2 rings (SSSR count). The molecule has 1 aromatic carbocycles. The predicted molar refractivity (Wildman–Crippen MR) is 92.1 cm³/mol. The number of pyridine rings is 1. The van der Waals surface area contributed by atoms with Gasteiger partial charge in [0.1, 0.15) is 0 Å². The van der Waals surface area contributed by atoms with E-state index in [0.717, 1.165) is 11.3 Å². The van der Waals surface area contributed by atoms with Gasteiger partial charge in [-0.25, -0.2) is 0 Å². The van der Waals surface area contributed by atoms with E-state index in [1.807, 2.05) is 49.4 Å². The fraction of sp³-hybridized carbons (Fsp3) is 0.278. The predicted octanol–water partition coefficient (Wildman–Crippen LogP) is 0.865. The molecule has 24 heavy (non-hydrogen) atoms. The fourth-order valence-electron chi connectivity index (χ4n) is 2.27. The number of nitrogens with zero attached hydrogens (tertiary/aromatic N) is 1. The number of hydrogen-bond acceptors (Lipinski definition) is 4. The number of rotatable bonds is 7. The number of carbonyl (C=O) groups excluding carboxylic acids is 2. The molecule has 0 saturated carbocycles. The zero-order valence-corrected chi connectivity index (χ0v) is 13.7. The summed E-state index contributed by atoms with van der Waals surface area (Å²) >= 11 is 0. The van der Waals surface area contributed by atoms with E-state index in [4.69, 9.17) is 5.73 Å². The standard InChI is InChI=1S/C18H22N4O2/c1-13-5-7-14(8-6-13)10-16(15-4-2-3-9-20-15)22-18(24)12-21-17(23)11-19/h2-9,16H,10-12,19H2,1H3,(H,21,23)(H,22,24). The molecular formula is C18H22N4O2. The van der Waals surface area contributed by atoms with Crippen molar-refractivity contribution in [2.45, 2.75) is 19.4 Å². The van der Waals surface area contributed by atoms with Crippen LogP contribution in [0.2, 0.25) is 0 Å². The van der Waals surface area contributed by atoms with Gasteiger partial charge in [0.25, 0.3) is 0 Å². The van der Waals surface area contributed by atoms with Crippen LogP contribution >= 0.6 is 0 Å². The average Bonchev–Trinajstić information content (AvgIpc) is 2.61. The van der Waals surface area contributed by atoms with Crippen molar-refractivity contribution >= 4 is 11.8 Å². The summed E-state index contributed by atoms with van der Waals surface area (Å²) in [6.45, 7) is 1.79. The Balaban J connectivity index is 2.07. The quantitative estimate of drug-likeness (QED) is 0.703. The van der Waals surface area contributed by atoms with Gasteiger partial charge in [-0.15, -0.1) is 0 Å². The second kappa shape index (κ2) is 8.79. The van der Waals surface area contributed by atoms with Crippen LogP contribution in [-0.4, -0.2) is 29.9 Å². The van der Waals surface area contributed by atoms with Crippen LogP contribution in [0.15, 0.2) is 48.7 Å². The van der Waals surface area contributed by atoms with Gasteiger partial charge in [0, 0.05) is 6.20 Å². The van der Waals surface area contributed by atoms with Crippen molar-refractivity contribution in [2.24, 2.45) is 5.73 Å². The van der Waals surface area contributed by atoms with Gasteiger partial charge in [-0.1, -0.05) is 35.9 Å². The van der Waals surface area contributed by atoms with Gasteiger partial charge in [0.15, 0.2) is 0 Å². The minimum absolute atomic E-state index is 0.104. The molecule has 0 fully saturated rings. The van der Waals surface area contributed by atoms with Crippen LogP contribution in [0.3, 0.4) is 0 Å². The lowest BCUT2D eigenvalue weighted by molar-refractivity contribution is -0.125. The molecule has 0 aliphatic carbocycles. The monoisotopic (exact) mass is 326 g/mol. The van der Waals surface area contributed by atoms with Crippen molar-refractivity contribution in [1.82, 2.24) is 15.6 Å².